The predicted molar refractivity (Wildman–Crippen MR) is 83.0 cm³/mol. The molecule has 0 aromatic heterocycles. The van der Waals surface area contributed by atoms with Gasteiger partial charge in [-0.25, -0.2) is 0 Å². The Balaban J connectivity index is 1.78. The summed E-state index contributed by atoms with van der Waals surface area (Å²) in [7, 11) is 1.66. The lowest BCUT2D eigenvalue weighted by molar-refractivity contribution is 0.327. The zero-order valence-corrected chi connectivity index (χ0v) is 11.6. The van der Waals surface area contributed by atoms with E-state index in [2.05, 4.69) is 12.2 Å². The molecule has 0 aliphatic rings. The zero-order chi connectivity index (χ0) is 14.2. The first-order chi connectivity index (χ1) is 9.79. The highest BCUT2D eigenvalue weighted by Crippen LogP contribution is 2.19. The number of anilines is 1. The second kappa shape index (κ2) is 7.24. The second-order valence-electron chi connectivity index (χ2n) is 4.35. The standard InChI is InChI=1S/C17H19NO2/c1-19-15-11-9-14(10-12-15)6-4-5-13-20-17-8-3-2-7-16(17)18/h2-4,6-12H,5,13,18H2,1H3. The van der Waals surface area contributed by atoms with Crippen LogP contribution in [0.4, 0.5) is 5.69 Å². The van der Waals surface area contributed by atoms with Crippen LogP contribution < -0.4 is 15.2 Å². The van der Waals surface area contributed by atoms with Gasteiger partial charge in [0.05, 0.1) is 19.4 Å². The summed E-state index contributed by atoms with van der Waals surface area (Å²) in [6.07, 6.45) is 4.98. The molecule has 0 amide bonds. The molecule has 2 aromatic carbocycles. The Hall–Kier alpha value is -2.42. The molecule has 0 fully saturated rings. The van der Waals surface area contributed by atoms with Crippen LogP contribution in [0.1, 0.15) is 12.0 Å². The number of benzene rings is 2. The van der Waals surface area contributed by atoms with Gasteiger partial charge < -0.3 is 15.2 Å². The minimum Gasteiger partial charge on any atom is -0.497 e. The van der Waals surface area contributed by atoms with E-state index in [1.165, 1.54) is 0 Å². The summed E-state index contributed by atoms with van der Waals surface area (Å²) in [5.74, 6) is 1.61. The van der Waals surface area contributed by atoms with Crippen molar-refractivity contribution >= 4 is 11.8 Å². The largest absolute Gasteiger partial charge is 0.497 e. The van der Waals surface area contributed by atoms with Gasteiger partial charge in [-0.2, -0.15) is 0 Å². The van der Waals surface area contributed by atoms with E-state index in [9.17, 15) is 0 Å². The highest BCUT2D eigenvalue weighted by atomic mass is 16.5. The van der Waals surface area contributed by atoms with Gasteiger partial charge in [-0.3, -0.25) is 0 Å². The normalized spacial score (nSPS) is 10.7. The maximum Gasteiger partial charge on any atom is 0.142 e. The first-order valence-electron chi connectivity index (χ1n) is 6.57. The van der Waals surface area contributed by atoms with E-state index in [0.717, 1.165) is 23.5 Å². The third-order valence-corrected chi connectivity index (χ3v) is 2.89. The fourth-order valence-corrected chi connectivity index (χ4v) is 1.78. The molecule has 0 saturated heterocycles. The molecule has 0 saturated carbocycles. The first kappa shape index (κ1) is 14.0. The van der Waals surface area contributed by atoms with Crippen molar-refractivity contribution in [1.82, 2.24) is 0 Å². The quantitative estimate of drug-likeness (QED) is 0.641. The van der Waals surface area contributed by atoms with E-state index in [0.29, 0.717) is 12.3 Å². The van der Waals surface area contributed by atoms with Crippen LogP contribution in [0.5, 0.6) is 11.5 Å². The van der Waals surface area contributed by atoms with Crippen molar-refractivity contribution in [2.75, 3.05) is 19.5 Å². The summed E-state index contributed by atoms with van der Waals surface area (Å²) in [5, 5.41) is 0. The number of hydrogen-bond donors (Lipinski definition) is 1. The van der Waals surface area contributed by atoms with Gasteiger partial charge in [0.15, 0.2) is 0 Å². The van der Waals surface area contributed by atoms with Gasteiger partial charge in [0.2, 0.25) is 0 Å². The molecular weight excluding hydrogens is 250 g/mol. The lowest BCUT2D eigenvalue weighted by Gasteiger charge is -2.06. The number of rotatable bonds is 6. The van der Waals surface area contributed by atoms with E-state index in [-0.39, 0.29) is 0 Å². The number of methoxy groups -OCH3 is 1. The maximum atomic E-state index is 5.80. The Morgan fingerprint density at radius 1 is 1.05 bits per heavy atom. The number of nitrogens with two attached hydrogens (primary N) is 1. The van der Waals surface area contributed by atoms with Gasteiger partial charge in [-0.1, -0.05) is 36.4 Å². The van der Waals surface area contributed by atoms with E-state index in [4.69, 9.17) is 15.2 Å². The Kier molecular flexibility index (Phi) is 5.07. The molecule has 0 unspecified atom stereocenters. The monoisotopic (exact) mass is 269 g/mol. The molecule has 0 aliphatic heterocycles. The summed E-state index contributed by atoms with van der Waals surface area (Å²) in [6, 6.07) is 15.5. The fraction of sp³-hybridized carbons (Fsp3) is 0.176. The number of hydrogen-bond acceptors (Lipinski definition) is 3. The van der Waals surface area contributed by atoms with Crippen LogP contribution in [-0.2, 0) is 0 Å². The molecule has 2 aromatic rings. The van der Waals surface area contributed by atoms with Gasteiger partial charge in [0.25, 0.3) is 0 Å². The molecule has 0 radical (unpaired) electrons. The lowest BCUT2D eigenvalue weighted by Crippen LogP contribution is -1.98. The fourth-order valence-electron chi connectivity index (χ4n) is 1.78. The van der Waals surface area contributed by atoms with Crippen LogP contribution >= 0.6 is 0 Å². The maximum absolute atomic E-state index is 5.80. The summed E-state index contributed by atoms with van der Waals surface area (Å²) in [4.78, 5) is 0. The molecule has 0 spiro atoms. The molecular formula is C17H19NO2. The van der Waals surface area contributed by atoms with E-state index in [1.54, 1.807) is 7.11 Å². The second-order valence-corrected chi connectivity index (χ2v) is 4.35. The van der Waals surface area contributed by atoms with Crippen molar-refractivity contribution in [2.24, 2.45) is 0 Å². The van der Waals surface area contributed by atoms with Crippen molar-refractivity contribution in [3.05, 3.63) is 60.2 Å². The van der Waals surface area contributed by atoms with Gasteiger partial charge >= 0.3 is 0 Å². The minimum atomic E-state index is 0.612. The van der Waals surface area contributed by atoms with Crippen molar-refractivity contribution in [1.29, 1.82) is 0 Å². The Labute approximate surface area is 119 Å². The Morgan fingerprint density at radius 2 is 1.80 bits per heavy atom. The average Bonchev–Trinajstić information content (AvgIpc) is 2.49. The van der Waals surface area contributed by atoms with Crippen LogP contribution in [0.15, 0.2) is 54.6 Å². The van der Waals surface area contributed by atoms with Crippen LogP contribution in [-0.4, -0.2) is 13.7 Å². The Bertz CT molecular complexity index is 561. The molecule has 0 atom stereocenters. The average molecular weight is 269 g/mol. The molecule has 3 heteroatoms. The smallest absolute Gasteiger partial charge is 0.142 e. The lowest BCUT2D eigenvalue weighted by atomic mass is 10.2. The third kappa shape index (κ3) is 4.05. The Morgan fingerprint density at radius 3 is 2.50 bits per heavy atom. The van der Waals surface area contributed by atoms with Gasteiger partial charge in [-0.15, -0.1) is 0 Å². The van der Waals surface area contributed by atoms with Crippen LogP contribution in [0.2, 0.25) is 0 Å². The van der Waals surface area contributed by atoms with Crippen molar-refractivity contribution in [3.8, 4) is 11.5 Å². The van der Waals surface area contributed by atoms with E-state index in [1.807, 2.05) is 48.5 Å². The molecule has 2 rings (SSSR count). The third-order valence-electron chi connectivity index (χ3n) is 2.89. The summed E-state index contributed by atoms with van der Waals surface area (Å²) in [6.45, 7) is 0.612. The zero-order valence-electron chi connectivity index (χ0n) is 11.6. The summed E-state index contributed by atoms with van der Waals surface area (Å²) in [5.41, 5.74) is 7.62. The molecule has 0 aliphatic carbocycles. The highest BCUT2D eigenvalue weighted by Gasteiger charge is 1.96. The van der Waals surface area contributed by atoms with Gasteiger partial charge in [0.1, 0.15) is 11.5 Å². The number of nitrogen functional groups attached to an aromatic ring is 1. The number of para-hydroxylation sites is 2. The van der Waals surface area contributed by atoms with Crippen LogP contribution in [0.25, 0.3) is 6.08 Å². The molecule has 0 bridgehead atoms. The summed E-state index contributed by atoms with van der Waals surface area (Å²) < 4.78 is 10.7. The molecule has 3 nitrogen and oxygen atoms in total. The van der Waals surface area contributed by atoms with Crippen LogP contribution in [0, 0.1) is 0 Å². The topological polar surface area (TPSA) is 44.5 Å². The van der Waals surface area contributed by atoms with E-state index >= 15 is 0 Å². The van der Waals surface area contributed by atoms with Crippen LogP contribution in [0.3, 0.4) is 0 Å². The van der Waals surface area contributed by atoms with Crippen molar-refractivity contribution in [3.63, 3.8) is 0 Å². The van der Waals surface area contributed by atoms with Crippen molar-refractivity contribution in [2.45, 2.75) is 6.42 Å². The predicted octanol–water partition coefficient (Wildman–Crippen LogP) is 3.76. The SMILES string of the molecule is COc1ccc(C=CCCOc2ccccc2N)cc1. The van der Waals surface area contributed by atoms with Gasteiger partial charge in [-0.05, 0) is 36.2 Å². The molecule has 104 valence electrons. The minimum absolute atomic E-state index is 0.612. The molecule has 2 N–H and O–H groups in total. The van der Waals surface area contributed by atoms with Gasteiger partial charge in [0, 0.05) is 0 Å². The molecule has 20 heavy (non-hydrogen) atoms. The summed E-state index contributed by atoms with van der Waals surface area (Å²) >= 11 is 0. The number of ether oxygens (including phenoxy) is 2. The first-order valence-corrected chi connectivity index (χ1v) is 6.57. The highest BCUT2D eigenvalue weighted by molar-refractivity contribution is 5.52. The van der Waals surface area contributed by atoms with Crippen molar-refractivity contribution < 1.29 is 9.47 Å². The van der Waals surface area contributed by atoms with E-state index < -0.39 is 0 Å². The molecule has 0 heterocycles.